The highest BCUT2D eigenvalue weighted by molar-refractivity contribution is 5.76. The number of nitrogens with one attached hydrogen (secondary N) is 1. The molecule has 1 unspecified atom stereocenters. The third-order valence-corrected chi connectivity index (χ3v) is 4.58. The first-order chi connectivity index (χ1) is 12.1. The number of pyridine rings is 1. The molecule has 1 aliphatic rings. The highest BCUT2D eigenvalue weighted by atomic mass is 16.4. The minimum atomic E-state index is -0.842. The zero-order valence-electron chi connectivity index (χ0n) is 14.3. The van der Waals surface area contributed by atoms with Gasteiger partial charge in [-0.15, -0.1) is 10.2 Å². The molecule has 0 aliphatic carbocycles. The van der Waals surface area contributed by atoms with Gasteiger partial charge in [0.25, 0.3) is 0 Å². The van der Waals surface area contributed by atoms with Gasteiger partial charge in [-0.3, -0.25) is 9.20 Å². The van der Waals surface area contributed by atoms with Crippen molar-refractivity contribution in [1.82, 2.24) is 24.8 Å². The van der Waals surface area contributed by atoms with E-state index in [1.54, 1.807) is 4.90 Å². The van der Waals surface area contributed by atoms with Crippen LogP contribution in [0.1, 0.15) is 44.5 Å². The Bertz CT molecular complexity index is 760. The molecule has 2 aromatic heterocycles. The van der Waals surface area contributed by atoms with E-state index >= 15 is 0 Å². The molecule has 2 N–H and O–H groups in total. The number of fused-ring (bicyclic) bond motifs is 1. The molecule has 0 aromatic carbocycles. The molecule has 3 heterocycles. The standard InChI is InChI=1S/C17H23N5O3/c1-2-6-13(15-20-19-14-8-3-4-10-22(14)15)18-17(25)21-9-5-7-12(11-21)16(23)24/h3-4,8,10,12-13H,2,5-7,9,11H2,1H3,(H,18,25)(H,23,24)/t12-,13?/m0/s1. The Morgan fingerprint density at radius 1 is 1.40 bits per heavy atom. The Morgan fingerprint density at radius 3 is 3.00 bits per heavy atom. The number of aliphatic carboxylic acids is 1. The van der Waals surface area contributed by atoms with Crippen LogP contribution in [0, 0.1) is 5.92 Å². The molecule has 0 bridgehead atoms. The summed E-state index contributed by atoms with van der Waals surface area (Å²) in [5.74, 6) is -0.637. The summed E-state index contributed by atoms with van der Waals surface area (Å²) in [7, 11) is 0. The van der Waals surface area contributed by atoms with Gasteiger partial charge in [-0.2, -0.15) is 0 Å². The Labute approximate surface area is 145 Å². The summed E-state index contributed by atoms with van der Waals surface area (Å²) >= 11 is 0. The van der Waals surface area contributed by atoms with Crippen molar-refractivity contribution in [2.45, 2.75) is 38.6 Å². The van der Waals surface area contributed by atoms with Crippen LogP contribution in [-0.4, -0.2) is 49.7 Å². The van der Waals surface area contributed by atoms with E-state index in [2.05, 4.69) is 15.5 Å². The molecule has 2 atom stereocenters. The first kappa shape index (κ1) is 17.2. The van der Waals surface area contributed by atoms with Crippen molar-refractivity contribution in [3.8, 4) is 0 Å². The number of likely N-dealkylation sites (tertiary alicyclic amines) is 1. The second-order valence-electron chi connectivity index (χ2n) is 6.40. The number of amides is 2. The maximum atomic E-state index is 12.6. The highest BCUT2D eigenvalue weighted by Gasteiger charge is 2.30. The Balaban J connectivity index is 1.75. The first-order valence-electron chi connectivity index (χ1n) is 8.68. The zero-order valence-corrected chi connectivity index (χ0v) is 14.3. The van der Waals surface area contributed by atoms with Crippen LogP contribution in [-0.2, 0) is 4.79 Å². The third kappa shape index (κ3) is 3.72. The van der Waals surface area contributed by atoms with E-state index in [1.165, 1.54) is 0 Å². The summed E-state index contributed by atoms with van der Waals surface area (Å²) in [4.78, 5) is 25.4. The van der Waals surface area contributed by atoms with Gasteiger partial charge in [0.15, 0.2) is 11.5 Å². The van der Waals surface area contributed by atoms with E-state index in [1.807, 2.05) is 35.7 Å². The lowest BCUT2D eigenvalue weighted by atomic mass is 9.98. The molecule has 0 radical (unpaired) electrons. The molecule has 1 saturated heterocycles. The number of hydrogen-bond donors (Lipinski definition) is 2. The number of hydrogen-bond acceptors (Lipinski definition) is 4. The van der Waals surface area contributed by atoms with Crippen LogP contribution in [0.5, 0.6) is 0 Å². The van der Waals surface area contributed by atoms with Gasteiger partial charge in [0.2, 0.25) is 0 Å². The van der Waals surface area contributed by atoms with Crippen LogP contribution in [0.25, 0.3) is 5.65 Å². The normalized spacial score (nSPS) is 18.9. The van der Waals surface area contributed by atoms with E-state index in [-0.39, 0.29) is 18.6 Å². The molecular weight excluding hydrogens is 322 g/mol. The fraction of sp³-hybridized carbons (Fsp3) is 0.529. The lowest BCUT2D eigenvalue weighted by Crippen LogP contribution is -2.48. The van der Waals surface area contributed by atoms with Gasteiger partial charge >= 0.3 is 12.0 Å². The Kier molecular flexibility index (Phi) is 5.16. The molecule has 8 heteroatoms. The van der Waals surface area contributed by atoms with Crippen molar-refractivity contribution in [1.29, 1.82) is 0 Å². The SMILES string of the molecule is CCCC(NC(=O)N1CCC[C@H](C(=O)O)C1)c1nnc2ccccn12. The van der Waals surface area contributed by atoms with Crippen molar-refractivity contribution in [3.05, 3.63) is 30.2 Å². The molecule has 134 valence electrons. The molecule has 2 amide bonds. The molecule has 25 heavy (non-hydrogen) atoms. The fourth-order valence-corrected chi connectivity index (χ4v) is 3.26. The van der Waals surface area contributed by atoms with Gasteiger partial charge in [0, 0.05) is 19.3 Å². The van der Waals surface area contributed by atoms with Crippen LogP contribution >= 0.6 is 0 Å². The first-order valence-corrected chi connectivity index (χ1v) is 8.68. The van der Waals surface area contributed by atoms with E-state index in [4.69, 9.17) is 0 Å². The average molecular weight is 345 g/mol. The topological polar surface area (TPSA) is 99.8 Å². The van der Waals surface area contributed by atoms with E-state index < -0.39 is 11.9 Å². The predicted octanol–water partition coefficient (Wildman–Crippen LogP) is 2.08. The number of urea groups is 1. The van der Waals surface area contributed by atoms with Gasteiger partial charge in [-0.25, -0.2) is 4.79 Å². The van der Waals surface area contributed by atoms with E-state index in [9.17, 15) is 14.7 Å². The molecule has 8 nitrogen and oxygen atoms in total. The predicted molar refractivity (Wildman–Crippen MR) is 91.1 cm³/mol. The molecule has 3 rings (SSSR count). The van der Waals surface area contributed by atoms with E-state index in [0.29, 0.717) is 25.2 Å². The van der Waals surface area contributed by atoms with Gasteiger partial charge in [-0.05, 0) is 31.4 Å². The number of rotatable bonds is 5. The summed E-state index contributed by atoms with van der Waals surface area (Å²) in [5, 5.41) is 20.6. The number of carbonyl (C=O) groups excluding carboxylic acids is 1. The third-order valence-electron chi connectivity index (χ3n) is 4.58. The number of carboxylic acids is 1. The van der Waals surface area contributed by atoms with Crippen LogP contribution in [0.4, 0.5) is 4.79 Å². The maximum Gasteiger partial charge on any atom is 0.318 e. The van der Waals surface area contributed by atoms with Gasteiger partial charge in [0.05, 0.1) is 12.0 Å². The quantitative estimate of drug-likeness (QED) is 0.864. The lowest BCUT2D eigenvalue weighted by molar-refractivity contribution is -0.143. The van der Waals surface area contributed by atoms with Crippen LogP contribution in [0.2, 0.25) is 0 Å². The number of aromatic nitrogens is 3. The number of nitrogens with zero attached hydrogens (tertiary/aromatic N) is 4. The molecule has 1 fully saturated rings. The van der Waals surface area contributed by atoms with E-state index in [0.717, 1.165) is 18.5 Å². The maximum absolute atomic E-state index is 12.6. The average Bonchev–Trinajstić information content (AvgIpc) is 3.05. The number of carboxylic acid groups (broad SMARTS) is 1. The summed E-state index contributed by atoms with van der Waals surface area (Å²) in [5.41, 5.74) is 0.733. The molecule has 0 saturated carbocycles. The molecule has 0 spiro atoms. The van der Waals surface area contributed by atoms with Crippen molar-refractivity contribution < 1.29 is 14.7 Å². The highest BCUT2D eigenvalue weighted by Crippen LogP contribution is 2.20. The van der Waals surface area contributed by atoms with Gasteiger partial charge in [-0.1, -0.05) is 19.4 Å². The molecule has 2 aromatic rings. The van der Waals surface area contributed by atoms with Gasteiger partial charge in [0.1, 0.15) is 0 Å². The lowest BCUT2D eigenvalue weighted by Gasteiger charge is -2.32. The number of piperidine rings is 1. The van der Waals surface area contributed by atoms with Crippen LogP contribution < -0.4 is 5.32 Å². The molecular formula is C17H23N5O3. The Hall–Kier alpha value is -2.64. The second-order valence-corrected chi connectivity index (χ2v) is 6.40. The summed E-state index contributed by atoms with van der Waals surface area (Å²) in [6.07, 6.45) is 4.81. The monoisotopic (exact) mass is 345 g/mol. The number of carbonyl (C=O) groups is 2. The van der Waals surface area contributed by atoms with Gasteiger partial charge < -0.3 is 15.3 Å². The minimum absolute atomic E-state index is 0.239. The minimum Gasteiger partial charge on any atom is -0.481 e. The van der Waals surface area contributed by atoms with Crippen molar-refractivity contribution in [2.24, 2.45) is 5.92 Å². The summed E-state index contributed by atoms with van der Waals surface area (Å²) in [6, 6.07) is 5.15. The second kappa shape index (κ2) is 7.50. The van der Waals surface area contributed by atoms with Crippen molar-refractivity contribution in [2.75, 3.05) is 13.1 Å². The van der Waals surface area contributed by atoms with Crippen LogP contribution in [0.3, 0.4) is 0 Å². The summed E-state index contributed by atoms with van der Waals surface area (Å²) < 4.78 is 1.87. The van der Waals surface area contributed by atoms with Crippen LogP contribution in [0.15, 0.2) is 24.4 Å². The largest absolute Gasteiger partial charge is 0.481 e. The fourth-order valence-electron chi connectivity index (χ4n) is 3.26. The van der Waals surface area contributed by atoms with Crippen molar-refractivity contribution in [3.63, 3.8) is 0 Å². The molecule has 1 aliphatic heterocycles. The summed E-state index contributed by atoms with van der Waals surface area (Å²) in [6.45, 7) is 2.87. The van der Waals surface area contributed by atoms with Crippen molar-refractivity contribution >= 4 is 17.6 Å². The smallest absolute Gasteiger partial charge is 0.318 e. The zero-order chi connectivity index (χ0) is 17.8. The Morgan fingerprint density at radius 2 is 2.24 bits per heavy atom.